The number of rotatable bonds is 2. The third kappa shape index (κ3) is 3.42. The summed E-state index contributed by atoms with van der Waals surface area (Å²) in [6.07, 6.45) is 7.47. The van der Waals surface area contributed by atoms with Crippen LogP contribution < -0.4 is 5.73 Å². The summed E-state index contributed by atoms with van der Waals surface area (Å²) in [4.78, 5) is 2.42. The molecule has 1 aliphatic heterocycles. The lowest BCUT2D eigenvalue weighted by Gasteiger charge is -2.40. The fraction of sp³-hybridized carbons (Fsp3) is 1.00. The lowest BCUT2D eigenvalue weighted by molar-refractivity contribution is 0.121. The van der Waals surface area contributed by atoms with E-state index >= 15 is 0 Å². The van der Waals surface area contributed by atoms with Crippen molar-refractivity contribution in [2.45, 2.75) is 55.9 Å². The molecule has 2 N–H and O–H groups in total. The Morgan fingerprint density at radius 3 is 2.59 bits per heavy atom. The quantitative estimate of drug-likeness (QED) is 0.796. The van der Waals surface area contributed by atoms with E-state index in [4.69, 9.17) is 5.73 Å². The van der Waals surface area contributed by atoms with Crippen molar-refractivity contribution < 1.29 is 8.42 Å². The van der Waals surface area contributed by atoms with E-state index in [1.807, 2.05) is 0 Å². The van der Waals surface area contributed by atoms with Gasteiger partial charge in [-0.1, -0.05) is 6.42 Å². The Balaban J connectivity index is 1.97. The highest BCUT2D eigenvalue weighted by Gasteiger charge is 2.33. The average molecular weight is 260 g/mol. The monoisotopic (exact) mass is 260 g/mol. The van der Waals surface area contributed by atoms with Gasteiger partial charge in [0.25, 0.3) is 0 Å². The second-order valence-corrected chi connectivity index (χ2v) is 7.99. The van der Waals surface area contributed by atoms with Crippen LogP contribution in [0.2, 0.25) is 0 Å². The zero-order valence-electron chi connectivity index (χ0n) is 10.6. The molecule has 0 aromatic heterocycles. The van der Waals surface area contributed by atoms with Crippen molar-refractivity contribution in [3.63, 3.8) is 0 Å². The minimum Gasteiger partial charge on any atom is -0.327 e. The Kier molecular flexibility index (Phi) is 4.10. The van der Waals surface area contributed by atoms with Gasteiger partial charge in [0.2, 0.25) is 0 Å². The van der Waals surface area contributed by atoms with Crippen LogP contribution in [-0.2, 0) is 9.84 Å². The van der Waals surface area contributed by atoms with Crippen LogP contribution in [-0.4, -0.2) is 50.0 Å². The van der Waals surface area contributed by atoms with E-state index in [2.05, 4.69) is 4.90 Å². The largest absolute Gasteiger partial charge is 0.327 e. The van der Waals surface area contributed by atoms with Crippen LogP contribution in [0.5, 0.6) is 0 Å². The number of nitrogens with two attached hydrogens (primary N) is 1. The van der Waals surface area contributed by atoms with E-state index in [9.17, 15) is 8.42 Å². The second kappa shape index (κ2) is 5.24. The Morgan fingerprint density at radius 1 is 1.18 bits per heavy atom. The third-order valence-corrected chi connectivity index (χ3v) is 5.85. The molecule has 2 unspecified atom stereocenters. The van der Waals surface area contributed by atoms with Crippen LogP contribution in [0.1, 0.15) is 38.5 Å². The minimum absolute atomic E-state index is 0.126. The molecule has 0 amide bonds. The molecule has 100 valence electrons. The molecule has 1 heterocycles. The molecule has 2 rings (SSSR count). The van der Waals surface area contributed by atoms with Crippen molar-refractivity contribution in [1.29, 1.82) is 0 Å². The SMILES string of the molecule is CS(=O)(=O)C1CCCC(N2CCC[C@@H](N)C2)C1. The highest BCUT2D eigenvalue weighted by Crippen LogP contribution is 2.28. The van der Waals surface area contributed by atoms with Crippen molar-refractivity contribution in [1.82, 2.24) is 4.90 Å². The number of nitrogens with zero attached hydrogens (tertiary/aromatic N) is 1. The maximum atomic E-state index is 11.6. The molecule has 0 bridgehead atoms. The van der Waals surface area contributed by atoms with Crippen molar-refractivity contribution in [2.75, 3.05) is 19.3 Å². The molecular weight excluding hydrogens is 236 g/mol. The molecule has 5 heteroatoms. The summed E-state index contributed by atoms with van der Waals surface area (Å²) in [5, 5.41) is -0.126. The summed E-state index contributed by atoms with van der Waals surface area (Å²) in [5.74, 6) is 0. The van der Waals surface area contributed by atoms with E-state index in [1.165, 1.54) is 6.26 Å². The van der Waals surface area contributed by atoms with Gasteiger partial charge in [-0.3, -0.25) is 4.90 Å². The Morgan fingerprint density at radius 2 is 1.94 bits per heavy atom. The molecule has 1 aliphatic carbocycles. The van der Waals surface area contributed by atoms with E-state index in [0.29, 0.717) is 6.04 Å². The Labute approximate surface area is 104 Å². The first-order valence-corrected chi connectivity index (χ1v) is 8.61. The van der Waals surface area contributed by atoms with Gasteiger partial charge < -0.3 is 5.73 Å². The molecule has 17 heavy (non-hydrogen) atoms. The van der Waals surface area contributed by atoms with E-state index < -0.39 is 9.84 Å². The topological polar surface area (TPSA) is 63.4 Å². The van der Waals surface area contributed by atoms with Gasteiger partial charge in [0.05, 0.1) is 5.25 Å². The van der Waals surface area contributed by atoms with Crippen LogP contribution >= 0.6 is 0 Å². The molecule has 0 aromatic carbocycles. The van der Waals surface area contributed by atoms with Gasteiger partial charge in [-0.25, -0.2) is 8.42 Å². The normalized spacial score (nSPS) is 36.9. The zero-order valence-corrected chi connectivity index (χ0v) is 11.5. The first-order chi connectivity index (χ1) is 7.97. The summed E-state index contributed by atoms with van der Waals surface area (Å²) in [6, 6.07) is 0.720. The highest BCUT2D eigenvalue weighted by atomic mass is 32.2. The number of hydrogen-bond acceptors (Lipinski definition) is 4. The Hall–Kier alpha value is -0.130. The first-order valence-electron chi connectivity index (χ1n) is 6.65. The van der Waals surface area contributed by atoms with Crippen LogP contribution in [0, 0.1) is 0 Å². The van der Waals surface area contributed by atoms with Crippen LogP contribution in [0.25, 0.3) is 0 Å². The predicted molar refractivity (Wildman–Crippen MR) is 69.7 cm³/mol. The Bertz CT molecular complexity index is 356. The number of sulfone groups is 1. The minimum atomic E-state index is -2.87. The second-order valence-electron chi connectivity index (χ2n) is 5.67. The summed E-state index contributed by atoms with van der Waals surface area (Å²) in [5.41, 5.74) is 5.99. The van der Waals surface area contributed by atoms with Crippen LogP contribution in [0.15, 0.2) is 0 Å². The van der Waals surface area contributed by atoms with Crippen molar-refractivity contribution >= 4 is 9.84 Å². The predicted octanol–water partition coefficient (Wildman–Crippen LogP) is 0.765. The van der Waals surface area contributed by atoms with Crippen LogP contribution in [0.4, 0.5) is 0 Å². The summed E-state index contributed by atoms with van der Waals surface area (Å²) in [6.45, 7) is 2.04. The first kappa shape index (κ1) is 13.3. The highest BCUT2D eigenvalue weighted by molar-refractivity contribution is 7.91. The van der Waals surface area contributed by atoms with Crippen molar-refractivity contribution in [3.05, 3.63) is 0 Å². The molecule has 2 fully saturated rings. The van der Waals surface area contributed by atoms with E-state index in [-0.39, 0.29) is 11.3 Å². The summed E-state index contributed by atoms with van der Waals surface area (Å²) >= 11 is 0. The lowest BCUT2D eigenvalue weighted by atomic mass is 9.91. The maximum Gasteiger partial charge on any atom is 0.150 e. The molecule has 4 nitrogen and oxygen atoms in total. The summed E-state index contributed by atoms with van der Waals surface area (Å²) in [7, 11) is -2.87. The standard InChI is InChI=1S/C12H24N2O2S/c1-17(15,16)12-6-2-5-11(8-12)14-7-3-4-10(13)9-14/h10-12H,2-9,13H2,1H3/t10-,11?,12?/m1/s1. The fourth-order valence-corrected chi connectivity index (χ4v) is 4.38. The van der Waals surface area contributed by atoms with Gasteiger partial charge in [-0.15, -0.1) is 0 Å². The van der Waals surface area contributed by atoms with Gasteiger partial charge in [0.1, 0.15) is 9.84 Å². The smallest absolute Gasteiger partial charge is 0.150 e. The van der Waals surface area contributed by atoms with Gasteiger partial charge in [-0.2, -0.15) is 0 Å². The summed E-state index contributed by atoms with van der Waals surface area (Å²) < 4.78 is 23.3. The number of likely N-dealkylation sites (tertiary alicyclic amines) is 1. The van der Waals surface area contributed by atoms with Gasteiger partial charge in [-0.05, 0) is 38.6 Å². The molecule has 1 saturated heterocycles. The van der Waals surface area contributed by atoms with Gasteiger partial charge in [0, 0.05) is 24.9 Å². The third-order valence-electron chi connectivity index (χ3n) is 4.21. The number of piperidine rings is 1. The molecule has 2 aliphatic rings. The van der Waals surface area contributed by atoms with Gasteiger partial charge >= 0.3 is 0 Å². The van der Waals surface area contributed by atoms with Crippen molar-refractivity contribution in [2.24, 2.45) is 5.73 Å². The van der Waals surface area contributed by atoms with Gasteiger partial charge in [0.15, 0.2) is 0 Å². The molecule has 3 atom stereocenters. The molecule has 0 spiro atoms. The van der Waals surface area contributed by atoms with Crippen molar-refractivity contribution in [3.8, 4) is 0 Å². The fourth-order valence-electron chi connectivity index (χ4n) is 3.21. The molecule has 1 saturated carbocycles. The maximum absolute atomic E-state index is 11.6. The van der Waals surface area contributed by atoms with Crippen LogP contribution in [0.3, 0.4) is 0 Å². The molecular formula is C12H24N2O2S. The van der Waals surface area contributed by atoms with E-state index in [1.54, 1.807) is 0 Å². The number of hydrogen-bond donors (Lipinski definition) is 1. The van der Waals surface area contributed by atoms with E-state index in [0.717, 1.165) is 51.6 Å². The molecule has 0 radical (unpaired) electrons. The zero-order chi connectivity index (χ0) is 12.5. The average Bonchev–Trinajstić information content (AvgIpc) is 2.28. The lowest BCUT2D eigenvalue weighted by Crippen LogP contribution is -2.50. The molecule has 0 aromatic rings.